The van der Waals surface area contributed by atoms with Gasteiger partial charge in [-0.05, 0) is 12.1 Å². The van der Waals surface area contributed by atoms with E-state index in [1.54, 1.807) is 0 Å². The average Bonchev–Trinajstić information content (AvgIpc) is 2.60. The molecule has 1 aromatic rings. The Kier molecular flexibility index (Phi) is 7.39. The van der Waals surface area contributed by atoms with Gasteiger partial charge < -0.3 is 4.52 Å². The third-order valence-corrected chi connectivity index (χ3v) is 4.66. The molecule has 0 heterocycles. The third kappa shape index (κ3) is 4.77. The summed E-state index contributed by atoms with van der Waals surface area (Å²) in [5.41, 5.74) is 0. The highest BCUT2D eigenvalue weighted by molar-refractivity contribution is 7.81. The van der Waals surface area contributed by atoms with Crippen LogP contribution in [0.4, 0.5) is 52.7 Å². The van der Waals surface area contributed by atoms with Gasteiger partial charge in [0.05, 0.1) is 0 Å². The van der Waals surface area contributed by atoms with Crippen molar-refractivity contribution in [1.82, 2.24) is 0 Å². The smallest absolute Gasteiger partial charge is 0.413 e. The van der Waals surface area contributed by atoms with E-state index >= 15 is 0 Å². The van der Waals surface area contributed by atoms with Gasteiger partial charge in [0.15, 0.2) is 0 Å². The molecule has 174 valence electrons. The molecule has 0 saturated heterocycles. The molecule has 0 aliphatic carbocycles. The van der Waals surface area contributed by atoms with Crippen molar-refractivity contribution in [1.29, 1.82) is 0 Å². The number of alkyl halides is 12. The van der Waals surface area contributed by atoms with Crippen LogP contribution in [0, 0.1) is 0 Å². The van der Waals surface area contributed by atoms with Gasteiger partial charge in [0.2, 0.25) is 0 Å². The number of para-hydroxylation sites is 1. The van der Waals surface area contributed by atoms with Crippen molar-refractivity contribution in [2.45, 2.75) is 36.0 Å². The fourth-order valence-corrected chi connectivity index (χ4v) is 2.78. The zero-order valence-electron chi connectivity index (χ0n) is 13.8. The Labute approximate surface area is 164 Å². The highest BCUT2D eigenvalue weighted by Crippen LogP contribution is 2.60. The van der Waals surface area contributed by atoms with Crippen LogP contribution in [0.1, 0.15) is 0 Å². The second-order valence-corrected chi connectivity index (χ2v) is 8.00. The lowest BCUT2D eigenvalue weighted by Crippen LogP contribution is -2.69. The van der Waals surface area contributed by atoms with Crippen molar-refractivity contribution in [3.8, 4) is 5.75 Å². The van der Waals surface area contributed by atoms with Crippen LogP contribution >= 0.6 is 18.2 Å². The molecule has 0 amide bonds. The van der Waals surface area contributed by atoms with E-state index in [9.17, 15) is 57.3 Å². The maximum absolute atomic E-state index is 13.5. The molecule has 30 heavy (non-hydrogen) atoms. The quantitative estimate of drug-likeness (QED) is 0.257. The average molecular weight is 507 g/mol. The van der Waals surface area contributed by atoms with Crippen molar-refractivity contribution < 1.29 is 66.3 Å². The lowest BCUT2D eigenvalue weighted by Gasteiger charge is -2.39. The summed E-state index contributed by atoms with van der Waals surface area (Å²) in [6.45, 7) is -8.36. The first kappa shape index (κ1) is 26.7. The number of hydrogen-bond donors (Lipinski definition) is 0. The van der Waals surface area contributed by atoms with Gasteiger partial charge in [-0.2, -0.15) is 43.9 Å². The lowest BCUT2D eigenvalue weighted by molar-refractivity contribution is -0.414. The molecule has 0 fully saturated rings. The van der Waals surface area contributed by atoms with Crippen molar-refractivity contribution >= 4 is 18.2 Å². The zero-order chi connectivity index (χ0) is 23.8. The normalized spacial score (nSPS) is 16.5. The molecule has 1 rings (SSSR count). The van der Waals surface area contributed by atoms with Crippen LogP contribution in [-0.2, 0) is 9.09 Å². The van der Waals surface area contributed by atoms with Gasteiger partial charge in [0.1, 0.15) is 12.4 Å². The van der Waals surface area contributed by atoms with Crippen LogP contribution in [0.5, 0.6) is 5.75 Å². The first-order valence-corrected chi connectivity index (χ1v) is 9.54. The van der Waals surface area contributed by atoms with Gasteiger partial charge in [0.25, 0.3) is 0 Å². The molecule has 0 spiro atoms. The van der Waals surface area contributed by atoms with Gasteiger partial charge in [-0.25, -0.2) is 13.3 Å². The monoisotopic (exact) mass is 506 g/mol. The van der Waals surface area contributed by atoms with E-state index in [0.29, 0.717) is 0 Å². The summed E-state index contributed by atoms with van der Waals surface area (Å²) in [4.78, 5) is 0. The van der Waals surface area contributed by atoms with E-state index in [-0.39, 0.29) is 0 Å². The van der Waals surface area contributed by atoms with Gasteiger partial charge in [-0.1, -0.05) is 18.2 Å². The van der Waals surface area contributed by atoms with Gasteiger partial charge in [-0.3, -0.25) is 4.52 Å². The summed E-state index contributed by atoms with van der Waals surface area (Å²) in [5, 5.41) is 0. The molecule has 1 atom stereocenters. The van der Waals surface area contributed by atoms with Crippen molar-refractivity contribution in [2.24, 2.45) is 0 Å². The Morgan fingerprint density at radius 1 is 0.833 bits per heavy atom. The number of rotatable bonds is 10. The zero-order valence-corrected chi connectivity index (χ0v) is 15.4. The molecule has 0 aromatic heterocycles. The number of halogens is 13. The fraction of sp³-hybridized carbons (Fsp3) is 0.538. The Morgan fingerprint density at radius 3 is 1.73 bits per heavy atom. The van der Waals surface area contributed by atoms with Gasteiger partial charge in [0, 0.05) is 11.2 Å². The Morgan fingerprint density at radius 2 is 1.30 bits per heavy atom. The predicted octanol–water partition coefficient (Wildman–Crippen LogP) is 6.87. The topological polar surface area (TPSA) is 35.5 Å². The van der Waals surface area contributed by atoms with Crippen molar-refractivity contribution in [2.75, 3.05) is 6.61 Å². The van der Waals surface area contributed by atoms with Crippen LogP contribution in [-0.4, -0.2) is 42.6 Å². The standard InChI is InChI=1S/C13H8ClF12O3P/c14-30(27,29-7-4-2-1-3-5-7)28-6-9(17,18)11(21,22)13(25,26)12(23,24)10(19,20)8(15)16/h1-5,8H,6H2. The molecule has 3 nitrogen and oxygen atoms in total. The van der Waals surface area contributed by atoms with Crippen LogP contribution < -0.4 is 4.52 Å². The summed E-state index contributed by atoms with van der Waals surface area (Å²) in [6.07, 6.45) is -5.61. The van der Waals surface area contributed by atoms with Crippen LogP contribution in [0.15, 0.2) is 30.3 Å². The summed E-state index contributed by atoms with van der Waals surface area (Å²) in [6, 6.07) is 5.83. The first-order chi connectivity index (χ1) is 13.2. The minimum atomic E-state index is -7.72. The van der Waals surface area contributed by atoms with E-state index < -0.39 is 55.3 Å². The SMILES string of the molecule is O=P(Cl)(OCC(F)(F)C(F)(F)C(F)(F)C(F)(F)C(F)(F)C(F)F)Oc1ccccc1. The number of benzene rings is 1. The summed E-state index contributed by atoms with van der Waals surface area (Å²) >= 11 is 5.02. The predicted molar refractivity (Wildman–Crippen MR) is 77.2 cm³/mol. The molecule has 17 heteroatoms. The van der Waals surface area contributed by atoms with Gasteiger partial charge >= 0.3 is 43.0 Å². The van der Waals surface area contributed by atoms with E-state index in [4.69, 9.17) is 11.2 Å². The van der Waals surface area contributed by atoms with Crippen LogP contribution in [0.3, 0.4) is 0 Å². The minimum Gasteiger partial charge on any atom is -0.413 e. The second-order valence-electron chi connectivity index (χ2n) is 5.46. The highest BCUT2D eigenvalue weighted by atomic mass is 35.7. The second kappa shape index (κ2) is 8.30. The van der Waals surface area contributed by atoms with E-state index in [0.717, 1.165) is 12.1 Å². The maximum atomic E-state index is 13.5. The molecule has 0 radical (unpaired) electrons. The highest BCUT2D eigenvalue weighted by Gasteiger charge is 2.87. The Hall–Kier alpha value is -1.34. The third-order valence-electron chi connectivity index (χ3n) is 3.30. The molecular weight excluding hydrogens is 499 g/mol. The first-order valence-electron chi connectivity index (χ1n) is 7.09. The Balaban J connectivity index is 3.12. The maximum Gasteiger partial charge on any atom is 0.476 e. The minimum absolute atomic E-state index is 0.445. The molecule has 1 aromatic carbocycles. The molecule has 0 bridgehead atoms. The summed E-state index contributed by atoms with van der Waals surface area (Å²) < 4.78 is 176. The molecule has 0 N–H and O–H groups in total. The van der Waals surface area contributed by atoms with Crippen molar-refractivity contribution in [3.63, 3.8) is 0 Å². The molecule has 0 saturated carbocycles. The molecule has 1 unspecified atom stereocenters. The molecule has 0 aliphatic heterocycles. The molecular formula is C13H8ClF12O3P. The summed E-state index contributed by atoms with van der Waals surface area (Å²) in [5.74, 6) is -36.8. The van der Waals surface area contributed by atoms with Gasteiger partial charge in [-0.15, -0.1) is 0 Å². The summed E-state index contributed by atoms with van der Waals surface area (Å²) in [7, 11) is 0. The van der Waals surface area contributed by atoms with Crippen LogP contribution in [0.25, 0.3) is 0 Å². The van der Waals surface area contributed by atoms with E-state index in [2.05, 4.69) is 9.05 Å². The number of hydrogen-bond acceptors (Lipinski definition) is 3. The molecule has 0 aliphatic rings. The Bertz CT molecular complexity index is 774. The largest absolute Gasteiger partial charge is 0.476 e. The fourth-order valence-electron chi connectivity index (χ4n) is 1.66. The lowest BCUT2D eigenvalue weighted by atomic mass is 9.95. The van der Waals surface area contributed by atoms with Crippen molar-refractivity contribution in [3.05, 3.63) is 30.3 Å². The van der Waals surface area contributed by atoms with Crippen LogP contribution in [0.2, 0.25) is 0 Å². The van der Waals surface area contributed by atoms with E-state index in [1.165, 1.54) is 18.2 Å². The van der Waals surface area contributed by atoms with E-state index in [1.807, 2.05) is 0 Å².